The van der Waals surface area contributed by atoms with Crippen LogP contribution in [0, 0.1) is 5.13 Å². The van der Waals surface area contributed by atoms with Crippen LogP contribution >= 0.6 is 11.3 Å². The molecule has 2 rings (SSSR count). The van der Waals surface area contributed by atoms with Crippen molar-refractivity contribution >= 4 is 17.0 Å². The summed E-state index contributed by atoms with van der Waals surface area (Å²) in [5, 5.41) is 27.8. The first-order chi connectivity index (χ1) is 8.45. The van der Waals surface area contributed by atoms with Gasteiger partial charge in [0, 0.05) is 0 Å². The van der Waals surface area contributed by atoms with Crippen LogP contribution in [-0.4, -0.2) is 45.2 Å². The van der Waals surface area contributed by atoms with Gasteiger partial charge in [-0.3, -0.25) is 0 Å². The SMILES string of the molecule is C=C(N)c1nc([C@@H]2O[C@H](CO)[C@@H](O)[C@H]2O)sc1F. The maximum Gasteiger partial charge on any atom is 0.206 e. The summed E-state index contributed by atoms with van der Waals surface area (Å²) >= 11 is 0.662. The van der Waals surface area contributed by atoms with E-state index >= 15 is 0 Å². The van der Waals surface area contributed by atoms with Crippen LogP contribution in [0.25, 0.3) is 5.70 Å². The molecule has 4 atom stereocenters. The fourth-order valence-electron chi connectivity index (χ4n) is 1.74. The number of aromatic nitrogens is 1. The number of thiazole rings is 1. The van der Waals surface area contributed by atoms with E-state index in [9.17, 15) is 14.6 Å². The van der Waals surface area contributed by atoms with Gasteiger partial charge in [-0.1, -0.05) is 17.9 Å². The first-order valence-electron chi connectivity index (χ1n) is 5.19. The molecule has 5 N–H and O–H groups in total. The molecule has 18 heavy (non-hydrogen) atoms. The summed E-state index contributed by atoms with van der Waals surface area (Å²) in [4.78, 5) is 3.89. The molecular weight excluding hydrogens is 263 g/mol. The fourth-order valence-corrected chi connectivity index (χ4v) is 2.65. The van der Waals surface area contributed by atoms with E-state index in [1.807, 2.05) is 0 Å². The van der Waals surface area contributed by atoms with Gasteiger partial charge >= 0.3 is 0 Å². The van der Waals surface area contributed by atoms with E-state index < -0.39 is 36.2 Å². The molecule has 1 fully saturated rings. The van der Waals surface area contributed by atoms with E-state index in [4.69, 9.17) is 15.6 Å². The monoisotopic (exact) mass is 276 g/mol. The van der Waals surface area contributed by atoms with Gasteiger partial charge in [-0.25, -0.2) is 4.98 Å². The van der Waals surface area contributed by atoms with Crippen molar-refractivity contribution in [2.75, 3.05) is 6.61 Å². The Balaban J connectivity index is 2.27. The molecular formula is C10H13FN2O4S. The number of nitrogens with zero attached hydrogens (tertiary/aromatic N) is 1. The van der Waals surface area contributed by atoms with Crippen molar-refractivity contribution in [1.29, 1.82) is 0 Å². The molecule has 0 spiro atoms. The molecule has 0 radical (unpaired) electrons. The third kappa shape index (κ3) is 2.13. The van der Waals surface area contributed by atoms with E-state index in [-0.39, 0.29) is 16.4 Å². The number of aliphatic hydroxyl groups is 3. The minimum absolute atomic E-state index is 0.0262. The number of rotatable bonds is 3. The third-order valence-electron chi connectivity index (χ3n) is 2.69. The summed E-state index contributed by atoms with van der Waals surface area (Å²) < 4.78 is 18.7. The number of nitrogens with two attached hydrogens (primary N) is 1. The van der Waals surface area contributed by atoms with Crippen molar-refractivity contribution in [2.24, 2.45) is 5.73 Å². The molecule has 100 valence electrons. The second-order valence-electron chi connectivity index (χ2n) is 3.96. The summed E-state index contributed by atoms with van der Waals surface area (Å²) in [7, 11) is 0. The molecule has 1 aromatic heterocycles. The average molecular weight is 276 g/mol. The second-order valence-corrected chi connectivity index (χ2v) is 4.94. The quantitative estimate of drug-likeness (QED) is 0.585. The highest BCUT2D eigenvalue weighted by atomic mass is 32.1. The van der Waals surface area contributed by atoms with Crippen LogP contribution in [0.3, 0.4) is 0 Å². The van der Waals surface area contributed by atoms with Gasteiger partial charge in [0.1, 0.15) is 35.1 Å². The number of halogens is 1. The zero-order valence-corrected chi connectivity index (χ0v) is 10.1. The summed E-state index contributed by atoms with van der Waals surface area (Å²) in [6, 6.07) is 0. The first kappa shape index (κ1) is 13.4. The molecule has 2 heterocycles. The molecule has 1 aliphatic rings. The summed E-state index contributed by atoms with van der Waals surface area (Å²) in [5.74, 6) is 0. The van der Waals surface area contributed by atoms with Crippen molar-refractivity contribution < 1.29 is 24.4 Å². The van der Waals surface area contributed by atoms with E-state index in [1.54, 1.807) is 0 Å². The minimum Gasteiger partial charge on any atom is -0.397 e. The largest absolute Gasteiger partial charge is 0.397 e. The molecule has 0 aromatic carbocycles. The molecule has 1 aliphatic heterocycles. The van der Waals surface area contributed by atoms with E-state index in [0.29, 0.717) is 11.3 Å². The van der Waals surface area contributed by atoms with Gasteiger partial charge in [0.2, 0.25) is 5.13 Å². The van der Waals surface area contributed by atoms with Gasteiger partial charge in [0.25, 0.3) is 0 Å². The summed E-state index contributed by atoms with van der Waals surface area (Å²) in [6.07, 6.45) is -4.41. The van der Waals surface area contributed by atoms with Gasteiger partial charge < -0.3 is 25.8 Å². The molecule has 1 saturated heterocycles. The Labute approximate surface area is 106 Å². The van der Waals surface area contributed by atoms with Gasteiger partial charge in [-0.2, -0.15) is 4.39 Å². The highest BCUT2D eigenvalue weighted by Gasteiger charge is 2.44. The number of hydrogen-bond acceptors (Lipinski definition) is 7. The van der Waals surface area contributed by atoms with E-state index in [0.717, 1.165) is 0 Å². The lowest BCUT2D eigenvalue weighted by Gasteiger charge is -2.11. The van der Waals surface area contributed by atoms with Crippen molar-refractivity contribution in [3.8, 4) is 0 Å². The Morgan fingerprint density at radius 1 is 1.50 bits per heavy atom. The van der Waals surface area contributed by atoms with Crippen LogP contribution < -0.4 is 5.73 Å². The van der Waals surface area contributed by atoms with Crippen LogP contribution in [0.5, 0.6) is 0 Å². The van der Waals surface area contributed by atoms with Gasteiger partial charge in [0.15, 0.2) is 0 Å². The Kier molecular flexibility index (Phi) is 3.64. The molecule has 0 aliphatic carbocycles. The topological polar surface area (TPSA) is 109 Å². The Hall–Kier alpha value is -1.06. The lowest BCUT2D eigenvalue weighted by atomic mass is 10.1. The molecule has 1 aromatic rings. The molecule has 0 amide bonds. The van der Waals surface area contributed by atoms with Crippen molar-refractivity contribution in [2.45, 2.75) is 24.4 Å². The molecule has 6 nitrogen and oxygen atoms in total. The van der Waals surface area contributed by atoms with Crippen LogP contribution in [-0.2, 0) is 4.74 Å². The Bertz CT molecular complexity index is 467. The Morgan fingerprint density at radius 3 is 2.61 bits per heavy atom. The number of ether oxygens (including phenoxy) is 1. The van der Waals surface area contributed by atoms with Gasteiger partial charge in [-0.15, -0.1) is 0 Å². The molecule has 0 saturated carbocycles. The first-order valence-corrected chi connectivity index (χ1v) is 6.00. The van der Waals surface area contributed by atoms with Gasteiger partial charge in [0.05, 0.1) is 12.3 Å². The predicted molar refractivity (Wildman–Crippen MR) is 62.0 cm³/mol. The summed E-state index contributed by atoms with van der Waals surface area (Å²) in [5.41, 5.74) is 5.24. The lowest BCUT2D eigenvalue weighted by molar-refractivity contribution is -0.0228. The third-order valence-corrected chi connectivity index (χ3v) is 3.60. The molecule has 0 unspecified atom stereocenters. The molecule has 8 heteroatoms. The predicted octanol–water partition coefficient (Wildman–Crippen LogP) is -0.634. The van der Waals surface area contributed by atoms with Crippen molar-refractivity contribution in [3.63, 3.8) is 0 Å². The minimum atomic E-state index is -1.27. The molecule has 0 bridgehead atoms. The smallest absolute Gasteiger partial charge is 0.206 e. The summed E-state index contributed by atoms with van der Waals surface area (Å²) in [6.45, 7) is 2.94. The standard InChI is InChI=1S/C10H13FN2O4S/c1-3(12)5-9(11)18-10(13-5)8-7(16)6(15)4(2-14)17-8/h4,6-8,14-16H,1-2,12H2/t4-,6-,7-,8-/m1/s1. The average Bonchev–Trinajstić information content (AvgIpc) is 2.82. The normalized spacial score (nSPS) is 31.8. The lowest BCUT2D eigenvalue weighted by Crippen LogP contribution is -2.32. The van der Waals surface area contributed by atoms with Gasteiger partial charge in [-0.05, 0) is 0 Å². The number of aliphatic hydroxyl groups excluding tert-OH is 3. The second kappa shape index (κ2) is 4.90. The maximum absolute atomic E-state index is 13.5. The Morgan fingerprint density at radius 2 is 2.17 bits per heavy atom. The van der Waals surface area contributed by atoms with Crippen LogP contribution in [0.4, 0.5) is 4.39 Å². The number of hydrogen-bond donors (Lipinski definition) is 4. The van der Waals surface area contributed by atoms with Crippen LogP contribution in [0.2, 0.25) is 0 Å². The zero-order chi connectivity index (χ0) is 13.4. The maximum atomic E-state index is 13.5. The highest BCUT2D eigenvalue weighted by molar-refractivity contribution is 7.10. The van der Waals surface area contributed by atoms with Crippen LogP contribution in [0.15, 0.2) is 6.58 Å². The van der Waals surface area contributed by atoms with E-state index in [1.165, 1.54) is 0 Å². The fraction of sp³-hybridized carbons (Fsp3) is 0.500. The van der Waals surface area contributed by atoms with Crippen molar-refractivity contribution in [3.05, 3.63) is 22.4 Å². The van der Waals surface area contributed by atoms with E-state index in [2.05, 4.69) is 11.6 Å². The van der Waals surface area contributed by atoms with Crippen molar-refractivity contribution in [1.82, 2.24) is 4.98 Å². The van der Waals surface area contributed by atoms with Crippen LogP contribution in [0.1, 0.15) is 16.8 Å². The highest BCUT2D eigenvalue weighted by Crippen LogP contribution is 2.36. The zero-order valence-electron chi connectivity index (χ0n) is 9.28.